The predicted octanol–water partition coefficient (Wildman–Crippen LogP) is 6.00. The molecule has 0 aliphatic heterocycles. The van der Waals surface area contributed by atoms with Crippen molar-refractivity contribution in [2.45, 2.75) is 24.6 Å². The molecule has 0 bridgehead atoms. The predicted molar refractivity (Wildman–Crippen MR) is 129 cm³/mol. The van der Waals surface area contributed by atoms with Crippen molar-refractivity contribution in [1.29, 1.82) is 0 Å². The van der Waals surface area contributed by atoms with Gasteiger partial charge in [0.25, 0.3) is 0 Å². The molecular formula is C26H20ClF5N2O3. The molecule has 0 saturated carbocycles. The molecule has 1 heterocycles. The maximum Gasteiger partial charge on any atom is 0.422 e. The third-order valence-corrected chi connectivity index (χ3v) is 7.08. The Balaban J connectivity index is 1.82. The first-order valence-corrected chi connectivity index (χ1v) is 11.3. The van der Waals surface area contributed by atoms with Crippen LogP contribution < -0.4 is 5.69 Å². The minimum Gasteiger partial charge on any atom is -0.376 e. The molecule has 194 valence electrons. The van der Waals surface area contributed by atoms with E-state index in [1.54, 1.807) is 0 Å². The molecule has 0 amide bonds. The number of benzene rings is 3. The lowest BCUT2D eigenvalue weighted by Gasteiger charge is -2.37. The second-order valence-corrected chi connectivity index (χ2v) is 9.20. The molecule has 0 unspecified atom stereocenters. The average molecular weight is 539 g/mol. The smallest absolute Gasteiger partial charge is 0.376 e. The molecule has 37 heavy (non-hydrogen) atoms. The van der Waals surface area contributed by atoms with Gasteiger partial charge in [-0.1, -0.05) is 42.8 Å². The maximum atomic E-state index is 14.5. The number of aromatic nitrogens is 2. The summed E-state index contributed by atoms with van der Waals surface area (Å²) in [6, 6.07) is 8.65. The van der Waals surface area contributed by atoms with Gasteiger partial charge in [0.1, 0.15) is 5.82 Å². The van der Waals surface area contributed by atoms with Crippen molar-refractivity contribution in [2.24, 2.45) is 14.1 Å². The van der Waals surface area contributed by atoms with Crippen LogP contribution in [0.4, 0.5) is 22.0 Å². The van der Waals surface area contributed by atoms with Crippen molar-refractivity contribution in [3.05, 3.63) is 92.6 Å². The van der Waals surface area contributed by atoms with Crippen LogP contribution in [0.15, 0.2) is 59.4 Å². The molecule has 4 rings (SSSR count). The fourth-order valence-electron chi connectivity index (χ4n) is 4.54. The van der Waals surface area contributed by atoms with E-state index in [1.165, 1.54) is 60.5 Å². The summed E-state index contributed by atoms with van der Waals surface area (Å²) in [5.74, 6) is -2.67. The highest BCUT2D eigenvalue weighted by molar-refractivity contribution is 6.31. The van der Waals surface area contributed by atoms with Gasteiger partial charge >= 0.3 is 17.9 Å². The lowest BCUT2D eigenvalue weighted by atomic mass is 9.77. The lowest BCUT2D eigenvalue weighted by molar-refractivity contribution is -0.274. The summed E-state index contributed by atoms with van der Waals surface area (Å²) >= 11 is 6.35. The fraction of sp³-hybridized carbons (Fsp3) is 0.231. The molecule has 11 heteroatoms. The number of carbonyl (C=O) groups excluding carboxylic acids is 1. The first-order chi connectivity index (χ1) is 17.2. The number of carbonyl (C=O) groups is 1. The van der Waals surface area contributed by atoms with Crippen molar-refractivity contribution < 1.29 is 31.9 Å². The van der Waals surface area contributed by atoms with E-state index in [-0.39, 0.29) is 21.7 Å². The van der Waals surface area contributed by atoms with Crippen LogP contribution in [0.2, 0.25) is 5.02 Å². The number of hydrogen-bond donors (Lipinski definition) is 1. The molecule has 1 aromatic heterocycles. The quantitative estimate of drug-likeness (QED) is 0.250. The minimum atomic E-state index is -5.14. The number of halogens is 6. The van der Waals surface area contributed by atoms with Crippen LogP contribution in [0.1, 0.15) is 34.3 Å². The van der Waals surface area contributed by atoms with E-state index < -0.39 is 46.4 Å². The highest BCUT2D eigenvalue weighted by Gasteiger charge is 2.59. The summed E-state index contributed by atoms with van der Waals surface area (Å²) in [5.41, 5.74) is -4.04. The number of hydrogen-bond acceptors (Lipinski definition) is 3. The Hall–Kier alpha value is -3.50. The van der Waals surface area contributed by atoms with Gasteiger partial charge in [0.2, 0.25) is 0 Å². The lowest BCUT2D eigenvalue weighted by Crippen LogP contribution is -2.46. The molecule has 0 spiro atoms. The first kappa shape index (κ1) is 26.6. The Kier molecular flexibility index (Phi) is 6.54. The Morgan fingerprint density at radius 1 is 0.946 bits per heavy atom. The Labute approximate surface area is 212 Å². The molecule has 4 aromatic rings. The zero-order chi connectivity index (χ0) is 27.4. The van der Waals surface area contributed by atoms with Gasteiger partial charge in [-0.05, 0) is 52.6 Å². The van der Waals surface area contributed by atoms with Crippen molar-refractivity contribution in [3.63, 3.8) is 0 Å². The molecule has 3 aromatic carbocycles. The molecule has 0 radical (unpaired) electrons. The van der Waals surface area contributed by atoms with Gasteiger partial charge in [0, 0.05) is 25.0 Å². The second kappa shape index (κ2) is 9.11. The Morgan fingerprint density at radius 3 is 2.14 bits per heavy atom. The number of alkyl halides is 3. The normalized spacial score (nSPS) is 14.5. The third kappa shape index (κ3) is 4.23. The summed E-state index contributed by atoms with van der Waals surface area (Å²) in [6.45, 7) is 1.17. The van der Waals surface area contributed by atoms with Crippen LogP contribution in [0.5, 0.6) is 0 Å². The van der Waals surface area contributed by atoms with Crippen LogP contribution >= 0.6 is 11.6 Å². The number of aliphatic hydroxyl groups is 1. The number of nitrogens with zero attached hydrogens (tertiary/aromatic N) is 2. The van der Waals surface area contributed by atoms with Crippen molar-refractivity contribution in [2.75, 3.05) is 0 Å². The highest BCUT2D eigenvalue weighted by Crippen LogP contribution is 2.50. The van der Waals surface area contributed by atoms with Crippen LogP contribution in [-0.2, 0) is 19.7 Å². The number of rotatable bonds is 5. The van der Waals surface area contributed by atoms with Crippen molar-refractivity contribution >= 4 is 28.7 Å². The van der Waals surface area contributed by atoms with Gasteiger partial charge in [-0.15, -0.1) is 0 Å². The second-order valence-electron chi connectivity index (χ2n) is 8.79. The van der Waals surface area contributed by atoms with E-state index in [2.05, 4.69) is 0 Å². The molecular weight excluding hydrogens is 519 g/mol. The molecule has 2 atom stereocenters. The van der Waals surface area contributed by atoms with Crippen LogP contribution in [-0.4, -0.2) is 26.5 Å². The van der Waals surface area contributed by atoms with Gasteiger partial charge in [-0.25, -0.2) is 9.18 Å². The fourth-order valence-corrected chi connectivity index (χ4v) is 4.89. The van der Waals surface area contributed by atoms with Crippen molar-refractivity contribution in [1.82, 2.24) is 9.13 Å². The van der Waals surface area contributed by atoms with Crippen LogP contribution in [0.3, 0.4) is 0 Å². The largest absolute Gasteiger partial charge is 0.422 e. The van der Waals surface area contributed by atoms with E-state index >= 15 is 0 Å². The van der Waals surface area contributed by atoms with E-state index in [0.717, 1.165) is 24.3 Å². The number of aryl methyl sites for hydroxylation is 2. The summed E-state index contributed by atoms with van der Waals surface area (Å²) in [5, 5.41) is 11.1. The zero-order valence-electron chi connectivity index (χ0n) is 19.7. The molecule has 0 aliphatic rings. The van der Waals surface area contributed by atoms with Crippen molar-refractivity contribution in [3.8, 4) is 11.1 Å². The van der Waals surface area contributed by atoms with Gasteiger partial charge in [0.05, 0.1) is 16.6 Å². The van der Waals surface area contributed by atoms with Gasteiger partial charge in [-0.2, -0.15) is 17.6 Å². The van der Waals surface area contributed by atoms with Crippen LogP contribution in [0, 0.1) is 5.82 Å². The summed E-state index contributed by atoms with van der Waals surface area (Å²) in [7, 11) is 2.90. The molecule has 0 fully saturated rings. The summed E-state index contributed by atoms with van der Waals surface area (Å²) in [4.78, 5) is 23.3. The summed E-state index contributed by atoms with van der Waals surface area (Å²) < 4.78 is 72.7. The molecule has 1 N–H and O–H groups in total. The van der Waals surface area contributed by atoms with Crippen LogP contribution in [0.25, 0.3) is 22.2 Å². The van der Waals surface area contributed by atoms with E-state index in [4.69, 9.17) is 11.6 Å². The van der Waals surface area contributed by atoms with Gasteiger partial charge in [-0.3, -0.25) is 13.9 Å². The molecule has 5 nitrogen and oxygen atoms in total. The standard InChI is InChI=1S/C26H20ClF5N2O3/c1-13(17-7-4-15(11-19(17)27)14-5-8-20(28)18(10-14)23(29)35)25(37,26(30,31)32)16-6-9-21-22(12-16)34(3)24(36)33(21)2/h4-13,37H,1-3H3/t13-,25-/m1/s1. The molecule has 0 saturated heterocycles. The van der Waals surface area contributed by atoms with E-state index in [1.807, 2.05) is 0 Å². The van der Waals surface area contributed by atoms with Gasteiger partial charge < -0.3 is 5.11 Å². The topological polar surface area (TPSA) is 64.2 Å². The van der Waals surface area contributed by atoms with E-state index in [9.17, 15) is 36.6 Å². The Bertz CT molecular complexity index is 1610. The maximum absolute atomic E-state index is 14.5. The van der Waals surface area contributed by atoms with Gasteiger partial charge in [0.15, 0.2) is 5.60 Å². The number of fused-ring (bicyclic) bond motifs is 1. The Morgan fingerprint density at radius 2 is 1.54 bits per heavy atom. The monoisotopic (exact) mass is 538 g/mol. The third-order valence-electron chi connectivity index (χ3n) is 6.75. The zero-order valence-corrected chi connectivity index (χ0v) is 20.5. The summed E-state index contributed by atoms with van der Waals surface area (Å²) in [6.07, 6.45) is -5.14. The first-order valence-electron chi connectivity index (χ1n) is 10.9. The average Bonchev–Trinajstić information content (AvgIpc) is 3.05. The molecule has 0 aliphatic carbocycles. The number of imidazole rings is 1. The minimum absolute atomic E-state index is 0.0452. The van der Waals surface area contributed by atoms with E-state index in [0.29, 0.717) is 11.1 Å². The SMILES string of the molecule is C[C@H](c1ccc(-c2ccc(F)c(C(=O)F)c2)cc1Cl)[C@@](O)(c1ccc2c(c1)n(C)c(=O)n2C)C(F)(F)F. The highest BCUT2D eigenvalue weighted by atomic mass is 35.5.